The fourth-order valence-electron chi connectivity index (χ4n) is 3.78. The summed E-state index contributed by atoms with van der Waals surface area (Å²) in [6.45, 7) is 0. The first-order chi connectivity index (χ1) is 12.4. The fourth-order valence-corrected chi connectivity index (χ4v) is 6.13. The summed E-state index contributed by atoms with van der Waals surface area (Å²) in [6, 6.07) is 6.34. The minimum absolute atomic E-state index is 0.0187. The van der Waals surface area contributed by atoms with Gasteiger partial charge in [0.2, 0.25) is 9.47 Å². The normalized spacial score (nSPS) is 24.7. The van der Waals surface area contributed by atoms with Crippen LogP contribution in [0, 0.1) is 11.8 Å². The van der Waals surface area contributed by atoms with Gasteiger partial charge in [-0.25, -0.2) is 13.1 Å². The van der Waals surface area contributed by atoms with Crippen LogP contribution in [0.2, 0.25) is 5.02 Å². The lowest BCUT2D eigenvalue weighted by atomic mass is 9.96. The van der Waals surface area contributed by atoms with Crippen molar-refractivity contribution in [3.63, 3.8) is 0 Å². The molecule has 2 bridgehead atoms. The molecule has 1 heterocycles. The molecule has 2 aromatic rings. The number of halogens is 1. The van der Waals surface area contributed by atoms with E-state index in [9.17, 15) is 13.2 Å². The van der Waals surface area contributed by atoms with E-state index < -0.39 is 15.9 Å². The Balaban J connectivity index is 1.43. The number of nitrogens with one attached hydrogen (secondary N) is 2. The Kier molecular flexibility index (Phi) is 4.72. The zero-order chi connectivity index (χ0) is 18.3. The Labute approximate surface area is 160 Å². The van der Waals surface area contributed by atoms with Crippen molar-refractivity contribution >= 4 is 44.0 Å². The minimum Gasteiger partial charge on any atom is -0.296 e. The molecule has 2 aliphatic rings. The third-order valence-corrected chi connectivity index (χ3v) is 7.96. The summed E-state index contributed by atoms with van der Waals surface area (Å²) >= 11 is 6.64. The summed E-state index contributed by atoms with van der Waals surface area (Å²) in [6.07, 6.45) is 4.27. The molecule has 0 saturated heterocycles. The van der Waals surface area contributed by atoms with E-state index in [0.717, 1.165) is 30.6 Å². The zero-order valence-corrected chi connectivity index (χ0v) is 16.1. The van der Waals surface area contributed by atoms with Crippen LogP contribution in [0.25, 0.3) is 0 Å². The predicted octanol–water partition coefficient (Wildman–Crippen LogP) is 2.91. The van der Waals surface area contributed by atoms with Gasteiger partial charge in [0.05, 0.1) is 0 Å². The predicted molar refractivity (Wildman–Crippen MR) is 98.9 cm³/mol. The van der Waals surface area contributed by atoms with Gasteiger partial charge in [-0.05, 0) is 55.4 Å². The number of carbonyl (C=O) groups excluding carboxylic acids is 1. The van der Waals surface area contributed by atoms with Crippen LogP contribution in [0.4, 0.5) is 5.13 Å². The number of amides is 1. The lowest BCUT2D eigenvalue weighted by Crippen LogP contribution is -2.38. The molecule has 2 saturated carbocycles. The highest BCUT2D eigenvalue weighted by atomic mass is 35.5. The Morgan fingerprint density at radius 2 is 1.92 bits per heavy atom. The maximum atomic E-state index is 12.5. The maximum Gasteiger partial charge on any atom is 0.270 e. The molecule has 138 valence electrons. The number of anilines is 1. The van der Waals surface area contributed by atoms with Gasteiger partial charge < -0.3 is 0 Å². The van der Waals surface area contributed by atoms with Crippen molar-refractivity contribution in [3.8, 4) is 0 Å². The average molecular weight is 413 g/mol. The van der Waals surface area contributed by atoms with Crippen molar-refractivity contribution in [3.05, 3.63) is 34.9 Å². The number of hydrogen-bond acceptors (Lipinski definition) is 6. The van der Waals surface area contributed by atoms with Gasteiger partial charge in [0, 0.05) is 16.6 Å². The Hall–Kier alpha value is -1.55. The third kappa shape index (κ3) is 3.62. The number of hydrogen-bond donors (Lipinski definition) is 2. The summed E-state index contributed by atoms with van der Waals surface area (Å²) in [4.78, 5) is 12.2. The molecule has 2 aliphatic carbocycles. The smallest absolute Gasteiger partial charge is 0.270 e. The summed E-state index contributed by atoms with van der Waals surface area (Å²) in [5.74, 6) is 0.658. The molecule has 10 heteroatoms. The molecule has 1 aromatic carbocycles. The lowest BCUT2D eigenvalue weighted by molar-refractivity contribution is 0.102. The van der Waals surface area contributed by atoms with Gasteiger partial charge in [0.25, 0.3) is 15.9 Å². The SMILES string of the molecule is O=C(Nc1nnc(S(=O)(=O)N[C@H]2C[C@H]3CC[C@@H]2C3)s1)c1ccc(Cl)cc1. The van der Waals surface area contributed by atoms with Crippen LogP contribution in [0.3, 0.4) is 0 Å². The molecule has 4 rings (SSSR count). The van der Waals surface area contributed by atoms with Crippen molar-refractivity contribution < 1.29 is 13.2 Å². The van der Waals surface area contributed by atoms with E-state index in [-0.39, 0.29) is 15.5 Å². The topological polar surface area (TPSA) is 101 Å². The van der Waals surface area contributed by atoms with Crippen molar-refractivity contribution in [2.45, 2.75) is 36.1 Å². The van der Waals surface area contributed by atoms with Crippen molar-refractivity contribution in [2.24, 2.45) is 11.8 Å². The molecule has 26 heavy (non-hydrogen) atoms. The van der Waals surface area contributed by atoms with E-state index in [2.05, 4.69) is 20.2 Å². The van der Waals surface area contributed by atoms with E-state index in [0.29, 0.717) is 22.4 Å². The molecule has 3 atom stereocenters. The van der Waals surface area contributed by atoms with E-state index in [4.69, 9.17) is 11.6 Å². The second kappa shape index (κ2) is 6.88. The molecule has 7 nitrogen and oxygen atoms in total. The first-order valence-corrected chi connectivity index (χ1v) is 11.0. The quantitative estimate of drug-likeness (QED) is 0.735. The van der Waals surface area contributed by atoms with Gasteiger partial charge in [-0.3, -0.25) is 10.1 Å². The summed E-state index contributed by atoms with van der Waals surface area (Å²) in [5, 5.41) is 10.7. The molecule has 1 aromatic heterocycles. The number of sulfonamides is 1. The summed E-state index contributed by atoms with van der Waals surface area (Å²) in [5.41, 5.74) is 0.397. The maximum absolute atomic E-state index is 12.5. The van der Waals surface area contributed by atoms with Crippen LogP contribution in [-0.4, -0.2) is 30.6 Å². The Morgan fingerprint density at radius 1 is 1.15 bits per heavy atom. The molecule has 0 unspecified atom stereocenters. The van der Waals surface area contributed by atoms with E-state index in [1.807, 2.05) is 0 Å². The van der Waals surface area contributed by atoms with Gasteiger partial charge in [-0.15, -0.1) is 10.2 Å². The molecule has 0 aliphatic heterocycles. The fraction of sp³-hybridized carbons (Fsp3) is 0.438. The van der Waals surface area contributed by atoms with Crippen LogP contribution < -0.4 is 10.0 Å². The van der Waals surface area contributed by atoms with Crippen molar-refractivity contribution in [1.82, 2.24) is 14.9 Å². The van der Waals surface area contributed by atoms with E-state index in [1.54, 1.807) is 24.3 Å². The Bertz CT molecular complexity index is 929. The number of rotatable bonds is 5. The third-order valence-electron chi connectivity index (χ3n) is 5.01. The molecular formula is C16H17ClN4O3S2. The number of carbonyl (C=O) groups is 1. The molecule has 0 spiro atoms. The summed E-state index contributed by atoms with van der Waals surface area (Å²) in [7, 11) is -3.73. The first kappa shape index (κ1) is 17.8. The highest BCUT2D eigenvalue weighted by Gasteiger charge is 2.41. The standard InChI is InChI=1S/C16H17ClN4O3S2/c17-12-5-3-10(4-6-12)14(22)18-15-19-20-16(25-15)26(23,24)21-13-8-9-1-2-11(13)7-9/h3-6,9,11,13,21H,1-2,7-8H2,(H,18,19,22)/t9-,11+,13-/m0/s1. The van der Waals surface area contributed by atoms with Crippen LogP contribution >= 0.6 is 22.9 Å². The van der Waals surface area contributed by atoms with Gasteiger partial charge in [-0.1, -0.05) is 29.4 Å². The van der Waals surface area contributed by atoms with Gasteiger partial charge >= 0.3 is 0 Å². The van der Waals surface area contributed by atoms with Crippen LogP contribution in [0.15, 0.2) is 28.6 Å². The highest BCUT2D eigenvalue weighted by Crippen LogP contribution is 2.44. The monoisotopic (exact) mass is 412 g/mol. The number of nitrogens with zero attached hydrogens (tertiary/aromatic N) is 2. The van der Waals surface area contributed by atoms with Crippen LogP contribution in [0.1, 0.15) is 36.0 Å². The molecular weight excluding hydrogens is 396 g/mol. The molecule has 0 radical (unpaired) electrons. The van der Waals surface area contributed by atoms with E-state index >= 15 is 0 Å². The Morgan fingerprint density at radius 3 is 2.58 bits per heavy atom. The van der Waals surface area contributed by atoms with Gasteiger partial charge in [0.15, 0.2) is 0 Å². The molecule has 1 amide bonds. The van der Waals surface area contributed by atoms with Crippen LogP contribution in [0.5, 0.6) is 0 Å². The summed E-state index contributed by atoms with van der Waals surface area (Å²) < 4.78 is 27.7. The lowest BCUT2D eigenvalue weighted by Gasteiger charge is -2.21. The average Bonchev–Trinajstić information content (AvgIpc) is 3.32. The number of aromatic nitrogens is 2. The molecule has 2 N–H and O–H groups in total. The first-order valence-electron chi connectivity index (χ1n) is 8.33. The highest BCUT2D eigenvalue weighted by molar-refractivity contribution is 7.91. The number of fused-ring (bicyclic) bond motifs is 2. The van der Waals surface area contributed by atoms with Crippen LogP contribution in [-0.2, 0) is 10.0 Å². The van der Waals surface area contributed by atoms with Gasteiger partial charge in [0.1, 0.15) is 0 Å². The largest absolute Gasteiger partial charge is 0.296 e. The van der Waals surface area contributed by atoms with E-state index in [1.165, 1.54) is 6.42 Å². The van der Waals surface area contributed by atoms with Gasteiger partial charge in [-0.2, -0.15) is 0 Å². The zero-order valence-electron chi connectivity index (χ0n) is 13.7. The second-order valence-electron chi connectivity index (χ2n) is 6.74. The van der Waals surface area contributed by atoms with Crippen molar-refractivity contribution in [1.29, 1.82) is 0 Å². The van der Waals surface area contributed by atoms with Crippen molar-refractivity contribution in [2.75, 3.05) is 5.32 Å². The number of benzene rings is 1. The second-order valence-corrected chi connectivity index (χ2v) is 10.0. The minimum atomic E-state index is -3.73. The molecule has 2 fully saturated rings.